The third kappa shape index (κ3) is 3.60. The molecule has 2 aliphatic rings. The van der Waals surface area contributed by atoms with E-state index in [2.05, 4.69) is 27.3 Å². The molecule has 1 fully saturated rings. The lowest BCUT2D eigenvalue weighted by Crippen LogP contribution is -2.49. The molecule has 0 saturated carbocycles. The zero-order chi connectivity index (χ0) is 21.4. The van der Waals surface area contributed by atoms with Gasteiger partial charge in [0.2, 0.25) is 0 Å². The number of hydrogen-bond acceptors (Lipinski definition) is 5. The molecule has 1 unspecified atom stereocenters. The summed E-state index contributed by atoms with van der Waals surface area (Å²) in [5, 5.41) is 5.07. The number of rotatable bonds is 6. The Hall–Kier alpha value is -2.83. The highest BCUT2D eigenvalue weighted by molar-refractivity contribution is 5.96. The van der Waals surface area contributed by atoms with Crippen molar-refractivity contribution in [3.8, 4) is 11.5 Å². The Morgan fingerprint density at radius 1 is 1.10 bits per heavy atom. The normalized spacial score (nSPS) is 20.8. The number of fused-ring (bicyclic) bond motifs is 4. The number of H-pyrrole nitrogens is 1. The van der Waals surface area contributed by atoms with Gasteiger partial charge in [-0.1, -0.05) is 0 Å². The van der Waals surface area contributed by atoms with Gasteiger partial charge in [0.05, 0.1) is 19.8 Å². The number of likely N-dealkylation sites (tertiary alicyclic amines) is 1. The van der Waals surface area contributed by atoms with Gasteiger partial charge in [0.15, 0.2) is 5.78 Å². The second-order valence-corrected chi connectivity index (χ2v) is 8.58. The van der Waals surface area contributed by atoms with Crippen molar-refractivity contribution in [1.29, 1.82) is 0 Å². The van der Waals surface area contributed by atoms with Crippen molar-refractivity contribution >= 4 is 16.7 Å². The first-order valence-electron chi connectivity index (χ1n) is 11.0. The number of nitrogens with one attached hydrogen (secondary N) is 2. The van der Waals surface area contributed by atoms with Crippen LogP contribution in [0.15, 0.2) is 42.5 Å². The fraction of sp³-hybridized carbons (Fsp3) is 0.400. The lowest BCUT2D eigenvalue weighted by atomic mass is 9.86. The first-order valence-corrected chi connectivity index (χ1v) is 11.0. The summed E-state index contributed by atoms with van der Waals surface area (Å²) in [6.07, 6.45) is 2.58. The van der Waals surface area contributed by atoms with E-state index >= 15 is 0 Å². The minimum Gasteiger partial charge on any atom is -0.497 e. The number of aromatic nitrogens is 1. The van der Waals surface area contributed by atoms with Crippen LogP contribution in [0.3, 0.4) is 0 Å². The third-order valence-electron chi connectivity index (χ3n) is 6.85. The predicted octanol–water partition coefficient (Wildman–Crippen LogP) is 3.50. The molecule has 5 rings (SSSR count). The Morgan fingerprint density at radius 2 is 1.87 bits per heavy atom. The highest BCUT2D eigenvalue weighted by Crippen LogP contribution is 2.40. The van der Waals surface area contributed by atoms with Gasteiger partial charge in [-0.05, 0) is 60.9 Å². The second-order valence-electron chi connectivity index (χ2n) is 8.58. The summed E-state index contributed by atoms with van der Waals surface area (Å²) < 4.78 is 10.6. The van der Waals surface area contributed by atoms with Crippen LogP contribution in [0, 0.1) is 0 Å². The first-order chi connectivity index (χ1) is 15.1. The Balaban J connectivity index is 1.30. The molecule has 3 aromatic rings. The molecule has 0 radical (unpaired) electrons. The van der Waals surface area contributed by atoms with Crippen LogP contribution in [0.2, 0.25) is 0 Å². The van der Waals surface area contributed by atoms with Gasteiger partial charge < -0.3 is 24.7 Å². The van der Waals surface area contributed by atoms with Crippen molar-refractivity contribution in [2.24, 2.45) is 0 Å². The van der Waals surface area contributed by atoms with Crippen molar-refractivity contribution in [3.63, 3.8) is 0 Å². The molecule has 1 aromatic heterocycles. The van der Waals surface area contributed by atoms with Gasteiger partial charge in [-0.2, -0.15) is 0 Å². The number of carbonyl (C=O) groups is 1. The Kier molecular flexibility index (Phi) is 5.20. The average Bonchev–Trinajstić information content (AvgIpc) is 3.40. The van der Waals surface area contributed by atoms with E-state index in [4.69, 9.17) is 9.47 Å². The molecular formula is C25H29N3O3. The molecule has 2 aliphatic heterocycles. The van der Waals surface area contributed by atoms with E-state index in [0.29, 0.717) is 6.42 Å². The van der Waals surface area contributed by atoms with Gasteiger partial charge in [0, 0.05) is 54.8 Å². The SMILES string of the molecule is COc1ccc(C(=O)CCN2CCC3(C2)NCCc2c3[nH]c3ccc(OC)cc23)cc1. The molecule has 0 aliphatic carbocycles. The number of nitrogens with zero attached hydrogens (tertiary/aromatic N) is 1. The van der Waals surface area contributed by atoms with Crippen molar-refractivity contribution in [2.75, 3.05) is 40.4 Å². The Morgan fingerprint density at radius 3 is 2.65 bits per heavy atom. The summed E-state index contributed by atoms with van der Waals surface area (Å²) in [5.74, 6) is 1.85. The first kappa shape index (κ1) is 20.1. The largest absolute Gasteiger partial charge is 0.497 e. The van der Waals surface area contributed by atoms with Crippen LogP contribution in [0.4, 0.5) is 0 Å². The summed E-state index contributed by atoms with van der Waals surface area (Å²) in [4.78, 5) is 18.8. The zero-order valence-corrected chi connectivity index (χ0v) is 18.2. The van der Waals surface area contributed by atoms with E-state index in [1.807, 2.05) is 30.3 Å². The number of hydrogen-bond donors (Lipinski definition) is 2. The van der Waals surface area contributed by atoms with E-state index in [1.54, 1.807) is 14.2 Å². The molecule has 2 N–H and O–H groups in total. The van der Waals surface area contributed by atoms with Gasteiger partial charge in [0.1, 0.15) is 11.5 Å². The molecule has 162 valence electrons. The fourth-order valence-electron chi connectivity index (χ4n) is 5.15. The molecule has 1 saturated heterocycles. The van der Waals surface area contributed by atoms with Crippen LogP contribution in [-0.2, 0) is 12.0 Å². The number of benzene rings is 2. The lowest BCUT2D eigenvalue weighted by molar-refractivity contribution is 0.0967. The van der Waals surface area contributed by atoms with E-state index in [1.165, 1.54) is 22.2 Å². The Labute approximate surface area is 182 Å². The minimum absolute atomic E-state index is 0.0665. The number of methoxy groups -OCH3 is 2. The highest BCUT2D eigenvalue weighted by atomic mass is 16.5. The zero-order valence-electron chi connectivity index (χ0n) is 18.2. The van der Waals surface area contributed by atoms with E-state index in [0.717, 1.165) is 56.1 Å². The number of ketones is 1. The maximum Gasteiger partial charge on any atom is 0.164 e. The van der Waals surface area contributed by atoms with Gasteiger partial charge in [-0.15, -0.1) is 0 Å². The van der Waals surface area contributed by atoms with Crippen LogP contribution in [-0.4, -0.2) is 56.1 Å². The number of aromatic amines is 1. The van der Waals surface area contributed by atoms with Crippen molar-refractivity contribution in [1.82, 2.24) is 15.2 Å². The average molecular weight is 420 g/mol. The van der Waals surface area contributed by atoms with E-state index in [9.17, 15) is 4.79 Å². The highest BCUT2D eigenvalue weighted by Gasteiger charge is 2.44. The molecule has 6 heteroatoms. The quantitative estimate of drug-likeness (QED) is 0.599. The number of ether oxygens (including phenoxy) is 2. The third-order valence-corrected chi connectivity index (χ3v) is 6.85. The second kappa shape index (κ2) is 8.02. The van der Waals surface area contributed by atoms with Crippen LogP contribution in [0.5, 0.6) is 11.5 Å². The van der Waals surface area contributed by atoms with Crippen LogP contribution in [0.25, 0.3) is 10.9 Å². The molecule has 3 heterocycles. The van der Waals surface area contributed by atoms with Crippen LogP contribution < -0.4 is 14.8 Å². The van der Waals surface area contributed by atoms with Gasteiger partial charge in [-0.3, -0.25) is 4.79 Å². The van der Waals surface area contributed by atoms with E-state index in [-0.39, 0.29) is 11.3 Å². The molecule has 2 aromatic carbocycles. The summed E-state index contributed by atoms with van der Waals surface area (Å²) in [6, 6.07) is 13.6. The molecular weight excluding hydrogens is 390 g/mol. The molecule has 1 atom stereocenters. The standard InChI is InChI=1S/C25H29N3O3/c1-30-18-5-3-17(4-6-18)23(29)10-13-28-14-11-25(16-28)24-20(9-12-26-25)21-15-19(31-2)7-8-22(21)27-24/h3-8,15,26-27H,9-14,16H2,1-2H3. The predicted molar refractivity (Wildman–Crippen MR) is 121 cm³/mol. The summed E-state index contributed by atoms with van der Waals surface area (Å²) in [5.41, 5.74) is 4.57. The molecule has 0 amide bonds. The maximum absolute atomic E-state index is 12.6. The van der Waals surface area contributed by atoms with Crippen molar-refractivity contribution in [2.45, 2.75) is 24.8 Å². The fourth-order valence-corrected chi connectivity index (χ4v) is 5.15. The topological polar surface area (TPSA) is 66.6 Å². The minimum atomic E-state index is -0.0665. The van der Waals surface area contributed by atoms with Gasteiger partial charge in [0.25, 0.3) is 0 Å². The maximum atomic E-state index is 12.6. The summed E-state index contributed by atoms with van der Waals surface area (Å²) in [7, 11) is 3.35. The van der Waals surface area contributed by atoms with E-state index < -0.39 is 0 Å². The monoisotopic (exact) mass is 419 g/mol. The van der Waals surface area contributed by atoms with Gasteiger partial charge >= 0.3 is 0 Å². The lowest BCUT2D eigenvalue weighted by Gasteiger charge is -2.35. The summed E-state index contributed by atoms with van der Waals surface area (Å²) >= 11 is 0. The smallest absolute Gasteiger partial charge is 0.164 e. The van der Waals surface area contributed by atoms with Crippen LogP contribution >= 0.6 is 0 Å². The van der Waals surface area contributed by atoms with Crippen molar-refractivity contribution in [3.05, 3.63) is 59.3 Å². The molecule has 0 bridgehead atoms. The van der Waals surface area contributed by atoms with Crippen molar-refractivity contribution < 1.29 is 14.3 Å². The molecule has 6 nitrogen and oxygen atoms in total. The molecule has 31 heavy (non-hydrogen) atoms. The van der Waals surface area contributed by atoms with Gasteiger partial charge in [-0.25, -0.2) is 0 Å². The molecule has 1 spiro atoms. The summed E-state index contributed by atoms with van der Waals surface area (Å²) in [6.45, 7) is 3.65. The Bertz CT molecular complexity index is 1110. The number of Topliss-reactive ketones (excluding diaryl/α,β-unsaturated/α-hetero) is 1. The number of carbonyl (C=O) groups excluding carboxylic acids is 1. The van der Waals surface area contributed by atoms with Crippen LogP contribution in [0.1, 0.15) is 34.5 Å².